The van der Waals surface area contributed by atoms with Gasteiger partial charge >= 0.3 is 0 Å². The zero-order valence-corrected chi connectivity index (χ0v) is 11.3. The van der Waals surface area contributed by atoms with Crippen molar-refractivity contribution in [2.24, 2.45) is 5.73 Å². The molecule has 0 unspecified atom stereocenters. The standard InChI is InChI=1S/C14H22N4/c1-3-13-9-14(18(4-2)16-13)11-17-8-6-12(10-17)5-7-15/h6,8-10H,3-5,7,11,15H2,1-2H3. The molecule has 0 aliphatic carbocycles. The predicted molar refractivity (Wildman–Crippen MR) is 73.6 cm³/mol. The molecular formula is C14H22N4. The van der Waals surface area contributed by atoms with Crippen molar-refractivity contribution < 1.29 is 0 Å². The summed E-state index contributed by atoms with van der Waals surface area (Å²) in [7, 11) is 0. The maximum absolute atomic E-state index is 5.57. The van der Waals surface area contributed by atoms with Crippen molar-refractivity contribution in [3.63, 3.8) is 0 Å². The van der Waals surface area contributed by atoms with Gasteiger partial charge in [0.05, 0.1) is 17.9 Å². The molecule has 0 saturated carbocycles. The van der Waals surface area contributed by atoms with E-state index < -0.39 is 0 Å². The first kappa shape index (κ1) is 12.9. The summed E-state index contributed by atoms with van der Waals surface area (Å²) < 4.78 is 4.29. The number of nitrogens with zero attached hydrogens (tertiary/aromatic N) is 3. The fourth-order valence-electron chi connectivity index (χ4n) is 2.18. The van der Waals surface area contributed by atoms with E-state index in [1.807, 2.05) is 0 Å². The molecule has 0 aliphatic rings. The van der Waals surface area contributed by atoms with E-state index in [9.17, 15) is 0 Å². The first-order valence-corrected chi connectivity index (χ1v) is 6.67. The zero-order valence-electron chi connectivity index (χ0n) is 11.3. The molecule has 4 nitrogen and oxygen atoms in total. The van der Waals surface area contributed by atoms with E-state index in [-0.39, 0.29) is 0 Å². The average molecular weight is 246 g/mol. The molecule has 2 aromatic heterocycles. The molecule has 0 amide bonds. The Labute approximate surface area is 108 Å². The summed E-state index contributed by atoms with van der Waals surface area (Å²) in [5.41, 5.74) is 9.30. The van der Waals surface area contributed by atoms with E-state index >= 15 is 0 Å². The summed E-state index contributed by atoms with van der Waals surface area (Å²) in [5, 5.41) is 4.57. The zero-order chi connectivity index (χ0) is 13.0. The van der Waals surface area contributed by atoms with Crippen LogP contribution in [0, 0.1) is 0 Å². The maximum Gasteiger partial charge on any atom is 0.0639 e. The van der Waals surface area contributed by atoms with E-state index in [0.717, 1.165) is 25.9 Å². The fraction of sp³-hybridized carbons (Fsp3) is 0.500. The van der Waals surface area contributed by atoms with Gasteiger partial charge in [-0.1, -0.05) is 6.92 Å². The lowest BCUT2D eigenvalue weighted by molar-refractivity contribution is 0.595. The lowest BCUT2D eigenvalue weighted by Crippen LogP contribution is -2.07. The number of aromatic nitrogens is 3. The molecule has 0 spiro atoms. The highest BCUT2D eigenvalue weighted by molar-refractivity contribution is 5.15. The Morgan fingerprint density at radius 3 is 2.83 bits per heavy atom. The Bertz CT molecular complexity index is 496. The molecule has 2 rings (SSSR count). The highest BCUT2D eigenvalue weighted by atomic mass is 15.3. The van der Waals surface area contributed by atoms with Crippen molar-refractivity contribution >= 4 is 0 Å². The largest absolute Gasteiger partial charge is 0.348 e. The van der Waals surface area contributed by atoms with Gasteiger partial charge in [0.1, 0.15) is 0 Å². The molecule has 2 heterocycles. The Hall–Kier alpha value is -1.55. The molecule has 2 aromatic rings. The molecule has 4 heteroatoms. The second kappa shape index (κ2) is 5.87. The normalized spacial score (nSPS) is 11.1. The topological polar surface area (TPSA) is 48.8 Å². The molecule has 0 atom stereocenters. The van der Waals surface area contributed by atoms with Crippen LogP contribution in [-0.2, 0) is 25.9 Å². The van der Waals surface area contributed by atoms with Crippen LogP contribution in [0.5, 0.6) is 0 Å². The Morgan fingerprint density at radius 2 is 2.17 bits per heavy atom. The molecule has 18 heavy (non-hydrogen) atoms. The van der Waals surface area contributed by atoms with E-state index in [2.05, 4.69) is 52.7 Å². The van der Waals surface area contributed by atoms with Crippen LogP contribution in [0.1, 0.15) is 30.8 Å². The Balaban J connectivity index is 2.14. The summed E-state index contributed by atoms with van der Waals surface area (Å²) in [5.74, 6) is 0. The molecule has 0 aliphatic heterocycles. The van der Waals surface area contributed by atoms with Gasteiger partial charge in [0.25, 0.3) is 0 Å². The van der Waals surface area contributed by atoms with E-state index in [4.69, 9.17) is 5.73 Å². The van der Waals surface area contributed by atoms with Crippen LogP contribution in [-0.4, -0.2) is 20.9 Å². The molecule has 2 N–H and O–H groups in total. The van der Waals surface area contributed by atoms with E-state index in [1.165, 1.54) is 17.0 Å². The van der Waals surface area contributed by atoms with Gasteiger partial charge in [0.15, 0.2) is 0 Å². The van der Waals surface area contributed by atoms with Crippen molar-refractivity contribution in [2.75, 3.05) is 6.54 Å². The number of nitrogens with two attached hydrogens (primary N) is 1. The van der Waals surface area contributed by atoms with Crippen LogP contribution in [0.3, 0.4) is 0 Å². The van der Waals surface area contributed by atoms with Gasteiger partial charge in [-0.25, -0.2) is 0 Å². The van der Waals surface area contributed by atoms with Crippen molar-refractivity contribution in [1.82, 2.24) is 14.3 Å². The van der Waals surface area contributed by atoms with Crippen LogP contribution in [0.15, 0.2) is 24.5 Å². The third-order valence-corrected chi connectivity index (χ3v) is 3.17. The molecule has 0 fully saturated rings. The van der Waals surface area contributed by atoms with Crippen molar-refractivity contribution in [1.29, 1.82) is 0 Å². The van der Waals surface area contributed by atoms with Crippen LogP contribution in [0.4, 0.5) is 0 Å². The van der Waals surface area contributed by atoms with Crippen LogP contribution >= 0.6 is 0 Å². The summed E-state index contributed by atoms with van der Waals surface area (Å²) in [6.07, 6.45) is 6.22. The summed E-state index contributed by atoms with van der Waals surface area (Å²) in [6.45, 7) is 6.78. The molecule has 0 bridgehead atoms. The molecule has 0 radical (unpaired) electrons. The first-order chi connectivity index (χ1) is 8.76. The number of hydrogen-bond acceptors (Lipinski definition) is 2. The lowest BCUT2D eigenvalue weighted by Gasteiger charge is -2.05. The third-order valence-electron chi connectivity index (χ3n) is 3.17. The van der Waals surface area contributed by atoms with Crippen LogP contribution in [0.2, 0.25) is 0 Å². The quantitative estimate of drug-likeness (QED) is 0.845. The highest BCUT2D eigenvalue weighted by Crippen LogP contribution is 2.10. The fourth-order valence-corrected chi connectivity index (χ4v) is 2.18. The van der Waals surface area contributed by atoms with Gasteiger partial charge < -0.3 is 10.3 Å². The Morgan fingerprint density at radius 1 is 1.33 bits per heavy atom. The third kappa shape index (κ3) is 2.82. The minimum absolute atomic E-state index is 0.705. The number of rotatable bonds is 6. The maximum atomic E-state index is 5.57. The Kier molecular flexibility index (Phi) is 4.20. The van der Waals surface area contributed by atoms with Gasteiger partial charge in [0.2, 0.25) is 0 Å². The summed E-state index contributed by atoms with van der Waals surface area (Å²) in [4.78, 5) is 0. The predicted octanol–water partition coefficient (Wildman–Crippen LogP) is 1.82. The minimum atomic E-state index is 0.705. The average Bonchev–Trinajstić information content (AvgIpc) is 2.97. The van der Waals surface area contributed by atoms with Crippen molar-refractivity contribution in [2.45, 2.75) is 39.8 Å². The second-order valence-corrected chi connectivity index (χ2v) is 4.53. The van der Waals surface area contributed by atoms with Gasteiger partial charge in [-0.3, -0.25) is 4.68 Å². The number of hydrogen-bond donors (Lipinski definition) is 1. The summed E-state index contributed by atoms with van der Waals surface area (Å²) >= 11 is 0. The van der Waals surface area contributed by atoms with Crippen LogP contribution < -0.4 is 5.73 Å². The first-order valence-electron chi connectivity index (χ1n) is 6.67. The molecule has 98 valence electrons. The van der Waals surface area contributed by atoms with Gasteiger partial charge in [-0.2, -0.15) is 5.10 Å². The summed E-state index contributed by atoms with van der Waals surface area (Å²) in [6, 6.07) is 4.34. The minimum Gasteiger partial charge on any atom is -0.348 e. The highest BCUT2D eigenvalue weighted by Gasteiger charge is 2.06. The van der Waals surface area contributed by atoms with Gasteiger partial charge in [-0.15, -0.1) is 0 Å². The van der Waals surface area contributed by atoms with E-state index in [0.29, 0.717) is 6.54 Å². The van der Waals surface area contributed by atoms with Crippen LogP contribution in [0.25, 0.3) is 0 Å². The smallest absolute Gasteiger partial charge is 0.0639 e. The lowest BCUT2D eigenvalue weighted by atomic mass is 10.2. The van der Waals surface area contributed by atoms with Crippen molar-refractivity contribution in [3.8, 4) is 0 Å². The monoisotopic (exact) mass is 246 g/mol. The SMILES string of the molecule is CCc1cc(Cn2ccc(CCN)c2)n(CC)n1. The van der Waals surface area contributed by atoms with Gasteiger partial charge in [-0.05, 0) is 44.0 Å². The second-order valence-electron chi connectivity index (χ2n) is 4.53. The van der Waals surface area contributed by atoms with Crippen molar-refractivity contribution in [3.05, 3.63) is 41.5 Å². The van der Waals surface area contributed by atoms with Gasteiger partial charge in [0, 0.05) is 18.9 Å². The molecular weight excluding hydrogens is 224 g/mol. The van der Waals surface area contributed by atoms with E-state index in [1.54, 1.807) is 0 Å². The molecule has 0 aromatic carbocycles. The molecule has 0 saturated heterocycles. The number of aryl methyl sites for hydroxylation is 2.